The highest BCUT2D eigenvalue weighted by Crippen LogP contribution is 2.20. The summed E-state index contributed by atoms with van der Waals surface area (Å²) >= 11 is 0. The quantitative estimate of drug-likeness (QED) is 0.764. The summed E-state index contributed by atoms with van der Waals surface area (Å²) < 4.78 is 40.1. The molecule has 1 aliphatic heterocycles. The number of piperazine rings is 1. The predicted octanol–water partition coefficient (Wildman–Crippen LogP) is 1.77. The monoisotopic (exact) mass is 375 g/mol. The second-order valence-corrected chi connectivity index (χ2v) is 7.69. The fourth-order valence-electron chi connectivity index (χ4n) is 2.69. The summed E-state index contributed by atoms with van der Waals surface area (Å²) in [5, 5.41) is 0. The molecule has 0 atom stereocenters. The van der Waals surface area contributed by atoms with Gasteiger partial charge in [0.1, 0.15) is 10.7 Å². The van der Waals surface area contributed by atoms with Crippen LogP contribution in [0.5, 0.6) is 0 Å². The number of hydrogen-bond acceptors (Lipinski definition) is 4. The molecular formula is C18H18FN3O3S. The summed E-state index contributed by atoms with van der Waals surface area (Å²) in [5.41, 5.74) is 0.807. The number of nitrogens with zero attached hydrogens (tertiary/aromatic N) is 3. The van der Waals surface area contributed by atoms with Gasteiger partial charge in [-0.3, -0.25) is 9.78 Å². The molecule has 0 spiro atoms. The Balaban J connectivity index is 1.63. The molecule has 1 aromatic carbocycles. The molecule has 0 saturated carbocycles. The average Bonchev–Trinajstić information content (AvgIpc) is 2.67. The van der Waals surface area contributed by atoms with Gasteiger partial charge >= 0.3 is 0 Å². The van der Waals surface area contributed by atoms with Crippen molar-refractivity contribution in [1.29, 1.82) is 0 Å². The third-order valence-electron chi connectivity index (χ3n) is 4.11. The van der Waals surface area contributed by atoms with Crippen LogP contribution in [0.25, 0.3) is 6.08 Å². The van der Waals surface area contributed by atoms with E-state index >= 15 is 0 Å². The first-order valence-corrected chi connectivity index (χ1v) is 9.54. The van der Waals surface area contributed by atoms with Crippen LogP contribution < -0.4 is 0 Å². The SMILES string of the molecule is O=C(/C=C/c1cccnc1)N1CCN(S(=O)(=O)c2ccccc2F)CC1. The molecule has 0 bridgehead atoms. The van der Waals surface area contributed by atoms with Gasteiger partial charge in [-0.15, -0.1) is 0 Å². The number of rotatable bonds is 4. The van der Waals surface area contributed by atoms with Gasteiger partial charge in [0, 0.05) is 44.6 Å². The molecule has 1 amide bonds. The number of carbonyl (C=O) groups is 1. The Morgan fingerprint density at radius 1 is 1.08 bits per heavy atom. The summed E-state index contributed by atoms with van der Waals surface area (Å²) in [6, 6.07) is 8.90. The Morgan fingerprint density at radius 3 is 2.46 bits per heavy atom. The molecule has 6 nitrogen and oxygen atoms in total. The molecule has 1 saturated heterocycles. The smallest absolute Gasteiger partial charge is 0.246 e. The van der Waals surface area contributed by atoms with Gasteiger partial charge < -0.3 is 4.90 Å². The second-order valence-electron chi connectivity index (χ2n) is 5.78. The van der Waals surface area contributed by atoms with Crippen molar-refractivity contribution in [3.8, 4) is 0 Å². The van der Waals surface area contributed by atoms with E-state index in [9.17, 15) is 17.6 Å². The van der Waals surface area contributed by atoms with Crippen LogP contribution in [-0.4, -0.2) is 54.7 Å². The molecule has 2 aromatic rings. The van der Waals surface area contributed by atoms with Gasteiger partial charge in [0.05, 0.1) is 0 Å². The van der Waals surface area contributed by atoms with E-state index in [4.69, 9.17) is 0 Å². The number of pyridine rings is 1. The minimum Gasteiger partial charge on any atom is -0.337 e. The highest BCUT2D eigenvalue weighted by Gasteiger charge is 2.31. The van der Waals surface area contributed by atoms with Gasteiger partial charge in [0.2, 0.25) is 15.9 Å². The van der Waals surface area contributed by atoms with E-state index in [1.807, 2.05) is 6.07 Å². The zero-order valence-corrected chi connectivity index (χ0v) is 14.8. The van der Waals surface area contributed by atoms with Crippen LogP contribution >= 0.6 is 0 Å². The highest BCUT2D eigenvalue weighted by molar-refractivity contribution is 7.89. The summed E-state index contributed by atoms with van der Waals surface area (Å²) in [6.07, 6.45) is 6.40. The van der Waals surface area contributed by atoms with Crippen molar-refractivity contribution in [3.05, 3.63) is 66.2 Å². The molecule has 0 radical (unpaired) electrons. The van der Waals surface area contributed by atoms with E-state index in [-0.39, 0.29) is 37.0 Å². The zero-order chi connectivity index (χ0) is 18.6. The minimum atomic E-state index is -3.90. The van der Waals surface area contributed by atoms with E-state index < -0.39 is 15.8 Å². The number of sulfonamides is 1. The number of benzene rings is 1. The van der Waals surface area contributed by atoms with Crippen LogP contribution in [0.1, 0.15) is 5.56 Å². The van der Waals surface area contributed by atoms with Gasteiger partial charge in [-0.1, -0.05) is 18.2 Å². The summed E-state index contributed by atoms with van der Waals surface area (Å²) in [4.78, 5) is 17.4. The number of carbonyl (C=O) groups excluding carboxylic acids is 1. The number of amides is 1. The van der Waals surface area contributed by atoms with Gasteiger partial charge in [0.15, 0.2) is 0 Å². The molecule has 1 aromatic heterocycles. The normalized spacial score (nSPS) is 16.1. The Kier molecular flexibility index (Phi) is 5.43. The molecule has 1 aliphatic rings. The lowest BCUT2D eigenvalue weighted by Gasteiger charge is -2.33. The maximum atomic E-state index is 13.8. The standard InChI is InChI=1S/C18H18FN3O3S/c19-16-5-1-2-6-17(16)26(24,25)22-12-10-21(11-13-22)18(23)8-7-15-4-3-9-20-14-15/h1-9,14H,10-13H2/b8-7+. The summed E-state index contributed by atoms with van der Waals surface area (Å²) in [6.45, 7) is 0.764. The molecule has 3 rings (SSSR count). The van der Waals surface area contributed by atoms with Gasteiger partial charge in [-0.2, -0.15) is 4.31 Å². The fourth-order valence-corrected chi connectivity index (χ4v) is 4.18. The van der Waals surface area contributed by atoms with E-state index in [0.717, 1.165) is 11.6 Å². The van der Waals surface area contributed by atoms with Crippen molar-refractivity contribution in [2.24, 2.45) is 0 Å². The van der Waals surface area contributed by atoms with E-state index in [2.05, 4.69) is 4.98 Å². The molecule has 0 N–H and O–H groups in total. The van der Waals surface area contributed by atoms with Crippen molar-refractivity contribution in [3.63, 3.8) is 0 Å². The average molecular weight is 375 g/mol. The largest absolute Gasteiger partial charge is 0.337 e. The third-order valence-corrected chi connectivity index (χ3v) is 6.04. The van der Waals surface area contributed by atoms with Crippen LogP contribution in [0, 0.1) is 5.82 Å². The van der Waals surface area contributed by atoms with E-state index in [1.54, 1.807) is 29.4 Å². The van der Waals surface area contributed by atoms with Crippen LogP contribution in [0.4, 0.5) is 4.39 Å². The van der Waals surface area contributed by atoms with E-state index in [0.29, 0.717) is 0 Å². The first kappa shape index (κ1) is 18.2. The zero-order valence-electron chi connectivity index (χ0n) is 14.0. The van der Waals surface area contributed by atoms with Gasteiger partial charge in [-0.05, 0) is 29.8 Å². The summed E-state index contributed by atoms with van der Waals surface area (Å²) in [5.74, 6) is -0.970. The van der Waals surface area contributed by atoms with Crippen LogP contribution in [0.15, 0.2) is 59.8 Å². The Hall–Kier alpha value is -2.58. The Bertz CT molecular complexity index is 908. The molecule has 136 valence electrons. The Labute approximate surface area is 151 Å². The van der Waals surface area contributed by atoms with Crippen molar-refractivity contribution in [1.82, 2.24) is 14.2 Å². The predicted molar refractivity (Wildman–Crippen MR) is 95.0 cm³/mol. The lowest BCUT2D eigenvalue weighted by Crippen LogP contribution is -2.50. The number of hydrogen-bond donors (Lipinski definition) is 0. The molecule has 0 unspecified atom stereocenters. The molecule has 8 heteroatoms. The van der Waals surface area contributed by atoms with Crippen molar-refractivity contribution in [2.75, 3.05) is 26.2 Å². The lowest BCUT2D eigenvalue weighted by molar-refractivity contribution is -0.127. The molecular weight excluding hydrogens is 357 g/mol. The van der Waals surface area contributed by atoms with Crippen LogP contribution in [-0.2, 0) is 14.8 Å². The fraction of sp³-hybridized carbons (Fsp3) is 0.222. The first-order valence-electron chi connectivity index (χ1n) is 8.10. The topological polar surface area (TPSA) is 70.6 Å². The first-order chi connectivity index (χ1) is 12.5. The highest BCUT2D eigenvalue weighted by atomic mass is 32.2. The number of aromatic nitrogens is 1. The molecule has 0 aliphatic carbocycles. The van der Waals surface area contributed by atoms with Crippen molar-refractivity contribution < 1.29 is 17.6 Å². The maximum absolute atomic E-state index is 13.8. The number of halogens is 1. The lowest BCUT2D eigenvalue weighted by atomic mass is 10.2. The molecule has 1 fully saturated rings. The minimum absolute atomic E-state index is 0.128. The third kappa shape index (κ3) is 3.97. The molecule has 26 heavy (non-hydrogen) atoms. The molecule has 2 heterocycles. The van der Waals surface area contributed by atoms with Crippen LogP contribution in [0.3, 0.4) is 0 Å². The Morgan fingerprint density at radius 2 is 1.81 bits per heavy atom. The van der Waals surface area contributed by atoms with Crippen LogP contribution in [0.2, 0.25) is 0 Å². The summed E-state index contributed by atoms with van der Waals surface area (Å²) in [7, 11) is -3.90. The second kappa shape index (κ2) is 7.76. The van der Waals surface area contributed by atoms with Gasteiger partial charge in [0.25, 0.3) is 0 Å². The van der Waals surface area contributed by atoms with Gasteiger partial charge in [-0.25, -0.2) is 12.8 Å². The van der Waals surface area contributed by atoms with Crippen molar-refractivity contribution in [2.45, 2.75) is 4.90 Å². The van der Waals surface area contributed by atoms with E-state index in [1.165, 1.54) is 28.6 Å². The maximum Gasteiger partial charge on any atom is 0.246 e. The van der Waals surface area contributed by atoms with Crippen molar-refractivity contribution >= 4 is 22.0 Å².